The lowest BCUT2D eigenvalue weighted by Crippen LogP contribution is -2.28. The van der Waals surface area contributed by atoms with Crippen molar-refractivity contribution < 1.29 is 14.7 Å². The number of carboxylic acid groups (broad SMARTS) is 1. The van der Waals surface area contributed by atoms with Gasteiger partial charge < -0.3 is 10.0 Å². The van der Waals surface area contributed by atoms with Gasteiger partial charge >= 0.3 is 5.97 Å². The molecule has 0 radical (unpaired) electrons. The van der Waals surface area contributed by atoms with E-state index in [4.69, 9.17) is 5.11 Å². The van der Waals surface area contributed by atoms with Crippen LogP contribution in [-0.2, 0) is 4.79 Å². The van der Waals surface area contributed by atoms with Crippen LogP contribution in [0.25, 0.3) is 5.57 Å². The normalized spacial score (nSPS) is 15.2. The number of nitrogens with zero attached hydrogens (tertiary/aromatic N) is 1. The van der Waals surface area contributed by atoms with E-state index in [9.17, 15) is 9.59 Å². The van der Waals surface area contributed by atoms with Crippen LogP contribution in [0.15, 0.2) is 24.3 Å². The summed E-state index contributed by atoms with van der Waals surface area (Å²) < 4.78 is 0. The van der Waals surface area contributed by atoms with Gasteiger partial charge in [0.15, 0.2) is 0 Å². The molecule has 1 N–H and O–H groups in total. The number of carbonyl (C=O) groups is 2. The molecule has 0 aliphatic carbocycles. The van der Waals surface area contributed by atoms with Crippen LogP contribution in [0.4, 0.5) is 0 Å². The third kappa shape index (κ3) is 3.75. The minimum atomic E-state index is -0.948. The Morgan fingerprint density at radius 1 is 1.27 bits per heavy atom. The lowest BCUT2D eigenvalue weighted by atomic mass is 9.96. The molecule has 1 aromatic rings. The van der Waals surface area contributed by atoms with E-state index in [1.165, 1.54) is 6.08 Å². The number of allylic oxidation sites excluding steroid dienone is 1. The van der Waals surface area contributed by atoms with E-state index in [1.807, 2.05) is 36.9 Å². The minimum Gasteiger partial charge on any atom is -0.478 e. The summed E-state index contributed by atoms with van der Waals surface area (Å²) >= 11 is 0. The van der Waals surface area contributed by atoms with Gasteiger partial charge in [0.05, 0.1) is 0 Å². The van der Waals surface area contributed by atoms with Gasteiger partial charge in [-0.1, -0.05) is 25.5 Å². The van der Waals surface area contributed by atoms with Crippen molar-refractivity contribution in [1.29, 1.82) is 0 Å². The van der Waals surface area contributed by atoms with Gasteiger partial charge in [-0.05, 0) is 49.0 Å². The van der Waals surface area contributed by atoms with Crippen LogP contribution in [-0.4, -0.2) is 35.0 Å². The second-order valence-electron chi connectivity index (χ2n) is 5.79. The third-order valence-electron chi connectivity index (χ3n) is 4.05. The van der Waals surface area contributed by atoms with Crippen molar-refractivity contribution in [3.8, 4) is 0 Å². The first-order valence-corrected chi connectivity index (χ1v) is 7.86. The van der Waals surface area contributed by atoms with Crippen LogP contribution in [0.1, 0.15) is 54.1 Å². The fourth-order valence-corrected chi connectivity index (χ4v) is 2.86. The second-order valence-corrected chi connectivity index (χ2v) is 5.79. The Balaban J connectivity index is 2.36. The van der Waals surface area contributed by atoms with Crippen molar-refractivity contribution in [3.63, 3.8) is 0 Å². The number of benzene rings is 1. The zero-order chi connectivity index (χ0) is 16.1. The van der Waals surface area contributed by atoms with Crippen LogP contribution >= 0.6 is 0 Å². The van der Waals surface area contributed by atoms with Gasteiger partial charge in [0.25, 0.3) is 5.91 Å². The number of hydrogen-bond donors (Lipinski definition) is 1. The zero-order valence-electron chi connectivity index (χ0n) is 13.3. The van der Waals surface area contributed by atoms with Crippen molar-refractivity contribution in [2.75, 3.05) is 13.1 Å². The Morgan fingerprint density at radius 2 is 1.95 bits per heavy atom. The van der Waals surface area contributed by atoms with E-state index < -0.39 is 5.97 Å². The van der Waals surface area contributed by atoms with Gasteiger partial charge in [0, 0.05) is 24.7 Å². The molecule has 1 fully saturated rings. The van der Waals surface area contributed by atoms with Crippen LogP contribution in [0.3, 0.4) is 0 Å². The summed E-state index contributed by atoms with van der Waals surface area (Å²) in [5, 5.41) is 9.03. The first-order chi connectivity index (χ1) is 10.5. The molecular weight excluding hydrogens is 278 g/mol. The summed E-state index contributed by atoms with van der Waals surface area (Å²) in [6.07, 6.45) is 4.92. The Morgan fingerprint density at radius 3 is 2.55 bits per heavy atom. The van der Waals surface area contributed by atoms with E-state index in [1.54, 1.807) is 0 Å². The predicted molar refractivity (Wildman–Crippen MR) is 86.8 cm³/mol. The van der Waals surface area contributed by atoms with Gasteiger partial charge in [-0.15, -0.1) is 0 Å². The number of hydrogen-bond acceptors (Lipinski definition) is 2. The van der Waals surface area contributed by atoms with E-state index >= 15 is 0 Å². The monoisotopic (exact) mass is 301 g/mol. The molecule has 1 aromatic carbocycles. The topological polar surface area (TPSA) is 57.6 Å². The van der Waals surface area contributed by atoms with Crippen molar-refractivity contribution in [2.24, 2.45) is 0 Å². The standard InChI is InChI=1S/C18H23NO3/c1-3-6-14(12-17(20)21)15-8-7-13(2)16(11-15)18(22)19-9-4-5-10-19/h7-8,11-12H,3-6,9-10H2,1-2H3,(H,20,21)/b14-12+. The summed E-state index contributed by atoms with van der Waals surface area (Å²) in [7, 11) is 0. The average Bonchev–Trinajstić information content (AvgIpc) is 3.00. The molecule has 118 valence electrons. The largest absolute Gasteiger partial charge is 0.478 e. The summed E-state index contributed by atoms with van der Waals surface area (Å²) in [6.45, 7) is 5.57. The highest BCUT2D eigenvalue weighted by Crippen LogP contribution is 2.24. The molecule has 22 heavy (non-hydrogen) atoms. The first-order valence-electron chi connectivity index (χ1n) is 7.86. The molecule has 1 aliphatic heterocycles. The number of rotatable bonds is 5. The van der Waals surface area contributed by atoms with Gasteiger partial charge in [-0.2, -0.15) is 0 Å². The Bertz CT molecular complexity index is 598. The summed E-state index contributed by atoms with van der Waals surface area (Å²) in [6, 6.07) is 5.66. The van der Waals surface area contributed by atoms with Gasteiger partial charge in [-0.25, -0.2) is 4.79 Å². The lowest BCUT2D eigenvalue weighted by Gasteiger charge is -2.18. The Hall–Kier alpha value is -2.10. The number of amides is 1. The number of likely N-dealkylation sites (tertiary alicyclic amines) is 1. The van der Waals surface area contributed by atoms with Crippen LogP contribution in [0.2, 0.25) is 0 Å². The highest BCUT2D eigenvalue weighted by Gasteiger charge is 2.21. The summed E-state index contributed by atoms with van der Waals surface area (Å²) in [5.41, 5.74) is 3.22. The van der Waals surface area contributed by atoms with E-state index in [-0.39, 0.29) is 5.91 Å². The third-order valence-corrected chi connectivity index (χ3v) is 4.05. The van der Waals surface area contributed by atoms with Gasteiger partial charge in [0.1, 0.15) is 0 Å². The van der Waals surface area contributed by atoms with Crippen molar-refractivity contribution in [3.05, 3.63) is 41.0 Å². The molecule has 0 bridgehead atoms. The smallest absolute Gasteiger partial charge is 0.328 e. The molecule has 1 saturated heterocycles. The van der Waals surface area contributed by atoms with Crippen molar-refractivity contribution in [1.82, 2.24) is 4.90 Å². The van der Waals surface area contributed by atoms with E-state index in [2.05, 4.69) is 0 Å². The maximum atomic E-state index is 12.6. The number of carboxylic acids is 1. The molecular formula is C18H23NO3. The molecule has 0 aromatic heterocycles. The maximum absolute atomic E-state index is 12.6. The summed E-state index contributed by atoms with van der Waals surface area (Å²) in [4.78, 5) is 25.5. The van der Waals surface area contributed by atoms with Gasteiger partial charge in [-0.3, -0.25) is 4.79 Å². The van der Waals surface area contributed by atoms with E-state index in [0.29, 0.717) is 12.0 Å². The molecule has 0 unspecified atom stereocenters. The second kappa shape index (κ2) is 7.25. The SMILES string of the molecule is CCC/C(=C\C(=O)O)c1ccc(C)c(C(=O)N2CCCC2)c1. The molecule has 4 heteroatoms. The fraction of sp³-hybridized carbons (Fsp3) is 0.444. The summed E-state index contributed by atoms with van der Waals surface area (Å²) in [5.74, 6) is -0.889. The molecule has 0 saturated carbocycles. The predicted octanol–water partition coefficient (Wildman–Crippen LogP) is 3.50. The van der Waals surface area contributed by atoms with E-state index in [0.717, 1.165) is 49.1 Å². The molecule has 1 heterocycles. The van der Waals surface area contributed by atoms with Crippen LogP contribution < -0.4 is 0 Å². The molecule has 1 amide bonds. The van der Waals surface area contributed by atoms with Crippen LogP contribution in [0, 0.1) is 6.92 Å². The average molecular weight is 301 g/mol. The van der Waals surface area contributed by atoms with Crippen molar-refractivity contribution in [2.45, 2.75) is 39.5 Å². The lowest BCUT2D eigenvalue weighted by molar-refractivity contribution is -0.131. The number of carbonyl (C=O) groups excluding carboxylic acids is 1. The van der Waals surface area contributed by atoms with Crippen LogP contribution in [0.5, 0.6) is 0 Å². The number of aryl methyl sites for hydroxylation is 1. The van der Waals surface area contributed by atoms with Crippen molar-refractivity contribution >= 4 is 17.4 Å². The zero-order valence-corrected chi connectivity index (χ0v) is 13.3. The molecule has 4 nitrogen and oxygen atoms in total. The Labute approximate surface area is 131 Å². The quantitative estimate of drug-likeness (QED) is 0.847. The fourth-order valence-electron chi connectivity index (χ4n) is 2.86. The Kier molecular flexibility index (Phi) is 5.36. The first kappa shape index (κ1) is 16.3. The number of aliphatic carboxylic acids is 1. The highest BCUT2D eigenvalue weighted by molar-refractivity contribution is 5.97. The molecule has 0 spiro atoms. The molecule has 2 rings (SSSR count). The van der Waals surface area contributed by atoms with Gasteiger partial charge in [0.2, 0.25) is 0 Å². The molecule has 1 aliphatic rings. The maximum Gasteiger partial charge on any atom is 0.328 e. The highest BCUT2D eigenvalue weighted by atomic mass is 16.4. The molecule has 0 atom stereocenters. The minimum absolute atomic E-state index is 0.0584.